The first kappa shape index (κ1) is 34.2. The van der Waals surface area contributed by atoms with Gasteiger partial charge in [0.05, 0.1) is 25.4 Å². The van der Waals surface area contributed by atoms with E-state index in [1.807, 2.05) is 6.07 Å². The molecule has 1 atom stereocenters. The Labute approximate surface area is 274 Å². The van der Waals surface area contributed by atoms with Crippen molar-refractivity contribution in [3.63, 3.8) is 0 Å². The highest BCUT2D eigenvalue weighted by Gasteiger charge is 2.29. The zero-order valence-electron chi connectivity index (χ0n) is 26.6. The van der Waals surface area contributed by atoms with Crippen LogP contribution < -0.4 is 10.6 Å². The van der Waals surface area contributed by atoms with Crippen molar-refractivity contribution in [2.75, 3.05) is 45.1 Å². The molecule has 0 saturated carbocycles. The monoisotopic (exact) mass is 669 g/mol. The van der Waals surface area contributed by atoms with E-state index in [-0.39, 0.29) is 22.9 Å². The summed E-state index contributed by atoms with van der Waals surface area (Å²) in [5, 5.41) is 20.2. The van der Waals surface area contributed by atoms with E-state index in [9.17, 15) is 23.2 Å². The van der Waals surface area contributed by atoms with Crippen molar-refractivity contribution in [2.24, 2.45) is 5.18 Å². The van der Waals surface area contributed by atoms with Gasteiger partial charge in [-0.3, -0.25) is 14.6 Å². The molecule has 0 aliphatic carbocycles. The van der Waals surface area contributed by atoms with E-state index in [2.05, 4.69) is 72.2 Å². The zero-order chi connectivity index (χ0) is 33.7. The van der Waals surface area contributed by atoms with Crippen LogP contribution in [0.15, 0.2) is 35.8 Å². The molecule has 0 spiro atoms. The summed E-state index contributed by atoms with van der Waals surface area (Å²) in [6.45, 7) is 9.20. The lowest BCUT2D eigenvalue weighted by atomic mass is 10.0. The number of nitrogens with zero attached hydrogens (tertiary/aromatic N) is 7. The first-order valence-corrected chi connectivity index (χ1v) is 16.3. The number of halogens is 3. The SMILES string of the molecule is CN=O.Cc1c(CN2CCC(Nc3ncnc4sc(CC(F)(F)F)cc34)CC2)ccc2c1cc(C#N)n2CC(C)N1CCNC(=O)C1. The zero-order valence-corrected chi connectivity index (χ0v) is 27.4. The van der Waals surface area contributed by atoms with Gasteiger partial charge >= 0.3 is 6.18 Å². The number of thiophene rings is 1. The lowest BCUT2D eigenvalue weighted by molar-refractivity contribution is -0.127. The fraction of sp³-hybridized carbons (Fsp3) is 0.500. The lowest BCUT2D eigenvalue weighted by Gasteiger charge is -2.33. The maximum atomic E-state index is 12.9. The van der Waals surface area contributed by atoms with Crippen molar-refractivity contribution >= 4 is 44.2 Å². The van der Waals surface area contributed by atoms with Crippen molar-refractivity contribution in [3.05, 3.63) is 57.2 Å². The molecule has 3 aromatic heterocycles. The Kier molecular flexibility index (Phi) is 10.7. The molecule has 2 aliphatic heterocycles. The van der Waals surface area contributed by atoms with Crippen LogP contribution in [-0.4, -0.2) is 88.3 Å². The standard InChI is InChI=1S/C31H35F3N8OS.CH3NO/c1-19(41-10-7-36-28(43)17-41)15-42-23(14-35)11-25-20(2)21(3-4-27(25)42)16-40-8-5-22(6-9-40)39-29-26-12-24(13-31(32,33)34)44-30(26)38-18-37-29;1-2-3/h3-4,11-12,18-19,22H,5-10,13,15-17H2,1-2H3,(H,36,43)(H,37,38,39);1H3. The summed E-state index contributed by atoms with van der Waals surface area (Å²) >= 11 is 1.06. The molecule has 1 aromatic carbocycles. The number of carbonyl (C=O) groups is 1. The molecule has 0 radical (unpaired) electrons. The number of likely N-dealkylation sites (tertiary alicyclic amines) is 1. The number of nitriles is 1. The Morgan fingerprint density at radius 1 is 1.19 bits per heavy atom. The molecule has 0 bridgehead atoms. The molecule has 250 valence electrons. The van der Waals surface area contributed by atoms with Gasteiger partial charge in [0.25, 0.3) is 0 Å². The second-order valence-corrected chi connectivity index (χ2v) is 13.1. The normalized spacial score (nSPS) is 17.2. The number of aryl methyl sites for hydroxylation is 1. The number of nitroso groups, excluding NO2 is 1. The maximum Gasteiger partial charge on any atom is 0.393 e. The van der Waals surface area contributed by atoms with E-state index in [0.29, 0.717) is 41.4 Å². The van der Waals surface area contributed by atoms with Crippen LogP contribution in [0.4, 0.5) is 19.0 Å². The van der Waals surface area contributed by atoms with Crippen molar-refractivity contribution in [1.29, 1.82) is 5.26 Å². The molecule has 2 aliphatic rings. The highest BCUT2D eigenvalue weighted by molar-refractivity contribution is 7.18. The van der Waals surface area contributed by atoms with Crippen LogP contribution in [0.5, 0.6) is 0 Å². The number of piperazine rings is 1. The molecule has 2 N–H and O–H groups in total. The number of hydrogen-bond donors (Lipinski definition) is 2. The Bertz CT molecular complexity index is 1770. The van der Waals surface area contributed by atoms with Gasteiger partial charge in [0.1, 0.15) is 28.7 Å². The summed E-state index contributed by atoms with van der Waals surface area (Å²) in [5.41, 5.74) is 4.04. The average Bonchev–Trinajstić information content (AvgIpc) is 3.60. The molecular weight excluding hydrogens is 631 g/mol. The second-order valence-electron chi connectivity index (χ2n) is 12.0. The molecule has 6 rings (SSSR count). The third-order valence-electron chi connectivity index (χ3n) is 8.80. The van der Waals surface area contributed by atoms with E-state index in [0.717, 1.165) is 61.3 Å². The van der Waals surface area contributed by atoms with Gasteiger partial charge < -0.3 is 15.2 Å². The number of piperidine rings is 1. The first-order valence-electron chi connectivity index (χ1n) is 15.5. The first-order chi connectivity index (χ1) is 22.5. The molecule has 2 fully saturated rings. The second kappa shape index (κ2) is 14.7. The Morgan fingerprint density at radius 2 is 1.94 bits per heavy atom. The minimum absolute atomic E-state index is 0.0357. The summed E-state index contributed by atoms with van der Waals surface area (Å²) in [6.07, 6.45) is -2.05. The fourth-order valence-electron chi connectivity index (χ4n) is 6.37. The number of hydrogen-bond acceptors (Lipinski definition) is 10. The minimum atomic E-state index is -4.26. The van der Waals surface area contributed by atoms with Gasteiger partial charge in [-0.05, 0) is 56.0 Å². The van der Waals surface area contributed by atoms with E-state index >= 15 is 0 Å². The molecule has 15 heteroatoms. The number of nitrogens with one attached hydrogen (secondary N) is 2. The van der Waals surface area contributed by atoms with Crippen molar-refractivity contribution in [3.8, 4) is 6.07 Å². The highest BCUT2D eigenvalue weighted by Crippen LogP contribution is 2.33. The predicted molar refractivity (Wildman–Crippen MR) is 176 cm³/mol. The van der Waals surface area contributed by atoms with Gasteiger partial charge in [-0.25, -0.2) is 9.97 Å². The molecule has 1 amide bonds. The molecule has 47 heavy (non-hydrogen) atoms. The van der Waals surface area contributed by atoms with Gasteiger partial charge in [0, 0.05) is 67.1 Å². The number of amides is 1. The number of anilines is 1. The average molecular weight is 670 g/mol. The quantitative estimate of drug-likeness (QED) is 0.245. The van der Waals surface area contributed by atoms with Crippen molar-refractivity contribution < 1.29 is 18.0 Å². The molecule has 4 aromatic rings. The highest BCUT2D eigenvalue weighted by atomic mass is 32.1. The summed E-state index contributed by atoms with van der Waals surface area (Å²) in [5.74, 6) is 0.628. The number of fused-ring (bicyclic) bond motifs is 2. The molecular formula is C32H38F3N9O2S. The number of rotatable bonds is 8. The number of benzene rings is 1. The molecule has 2 saturated heterocycles. The number of aromatic nitrogens is 3. The summed E-state index contributed by atoms with van der Waals surface area (Å²) in [7, 11) is 1.19. The number of alkyl halides is 3. The van der Waals surface area contributed by atoms with Gasteiger partial charge in [-0.1, -0.05) is 11.2 Å². The predicted octanol–water partition coefficient (Wildman–Crippen LogP) is 5.21. The largest absolute Gasteiger partial charge is 0.393 e. The maximum absolute atomic E-state index is 12.9. The summed E-state index contributed by atoms with van der Waals surface area (Å²) in [4.78, 5) is 34.3. The van der Waals surface area contributed by atoms with Crippen LogP contribution in [0.1, 0.15) is 41.5 Å². The van der Waals surface area contributed by atoms with Crippen LogP contribution in [0.3, 0.4) is 0 Å². The third kappa shape index (κ3) is 8.24. The topological polar surface area (TPSA) is 132 Å². The van der Waals surface area contributed by atoms with Crippen LogP contribution in [-0.2, 0) is 24.3 Å². The summed E-state index contributed by atoms with van der Waals surface area (Å²) < 4.78 is 40.8. The Hall–Kier alpha value is -4.13. The van der Waals surface area contributed by atoms with Gasteiger partial charge in [-0.2, -0.15) is 23.3 Å². The Morgan fingerprint density at radius 3 is 2.62 bits per heavy atom. The Balaban J connectivity index is 0.00000139. The van der Waals surface area contributed by atoms with Crippen molar-refractivity contribution in [2.45, 2.75) is 64.5 Å². The lowest BCUT2D eigenvalue weighted by Crippen LogP contribution is -2.51. The van der Waals surface area contributed by atoms with Crippen molar-refractivity contribution in [1.82, 2.24) is 29.7 Å². The van der Waals surface area contributed by atoms with Crippen LogP contribution in [0, 0.1) is 23.2 Å². The number of carbonyl (C=O) groups excluding carboxylic acids is 1. The van der Waals surface area contributed by atoms with Crippen LogP contribution >= 0.6 is 11.3 Å². The summed E-state index contributed by atoms with van der Waals surface area (Å²) in [6, 6.07) is 10.4. The minimum Gasteiger partial charge on any atom is -0.367 e. The third-order valence-corrected chi connectivity index (χ3v) is 9.84. The van der Waals surface area contributed by atoms with E-state index in [1.165, 1.54) is 24.5 Å². The smallest absolute Gasteiger partial charge is 0.367 e. The van der Waals surface area contributed by atoms with Crippen LogP contribution in [0.2, 0.25) is 0 Å². The fourth-order valence-corrected chi connectivity index (χ4v) is 7.40. The van der Waals surface area contributed by atoms with E-state index in [4.69, 9.17) is 4.91 Å². The van der Waals surface area contributed by atoms with Crippen LogP contribution in [0.25, 0.3) is 21.1 Å². The van der Waals surface area contributed by atoms with Gasteiger partial charge in [0.15, 0.2) is 0 Å². The molecule has 1 unspecified atom stereocenters. The molecule has 11 nitrogen and oxygen atoms in total. The molecule has 5 heterocycles. The van der Waals surface area contributed by atoms with Gasteiger partial charge in [0.2, 0.25) is 5.91 Å². The van der Waals surface area contributed by atoms with E-state index in [1.54, 1.807) is 6.07 Å². The van der Waals surface area contributed by atoms with Gasteiger partial charge in [-0.15, -0.1) is 11.3 Å². The van der Waals surface area contributed by atoms with E-state index < -0.39 is 12.6 Å².